The number of halogens is 1. The number of hydrogen-bond donors (Lipinski definition) is 2. The van der Waals surface area contributed by atoms with Gasteiger partial charge in [-0.05, 0) is 18.2 Å². The van der Waals surface area contributed by atoms with Gasteiger partial charge in [0.05, 0.1) is 12.1 Å². The maximum absolute atomic E-state index is 12.5. The fraction of sp³-hybridized carbons (Fsp3) is 0.375. The van der Waals surface area contributed by atoms with Gasteiger partial charge in [-0.1, -0.05) is 17.7 Å². The van der Waals surface area contributed by atoms with E-state index < -0.39 is 0 Å². The molecule has 1 aromatic rings. The predicted molar refractivity (Wildman–Crippen MR) is 91.4 cm³/mol. The van der Waals surface area contributed by atoms with Gasteiger partial charge >= 0.3 is 0 Å². The molecule has 0 atom stereocenters. The van der Waals surface area contributed by atoms with E-state index in [1.165, 1.54) is 0 Å². The average Bonchev–Trinajstić information content (AvgIpc) is 2.53. The van der Waals surface area contributed by atoms with Gasteiger partial charge in [0.1, 0.15) is 0 Å². The zero-order valence-corrected chi connectivity index (χ0v) is 13.7. The molecule has 1 saturated heterocycles. The number of amides is 2. The summed E-state index contributed by atoms with van der Waals surface area (Å²) >= 11 is 5.86. The highest BCUT2D eigenvalue weighted by Gasteiger charge is 2.24. The van der Waals surface area contributed by atoms with Crippen LogP contribution in [0.4, 0.5) is 5.69 Å². The highest BCUT2D eigenvalue weighted by atomic mass is 35.5. The molecule has 1 aliphatic heterocycles. The van der Waals surface area contributed by atoms with E-state index >= 15 is 0 Å². The molecule has 0 bridgehead atoms. The first kappa shape index (κ1) is 17.3. The van der Waals surface area contributed by atoms with Gasteiger partial charge in [0.15, 0.2) is 0 Å². The van der Waals surface area contributed by atoms with Gasteiger partial charge < -0.3 is 16.0 Å². The number of nitrogens with two attached hydrogens (primary N) is 1. The third kappa shape index (κ3) is 4.71. The maximum atomic E-state index is 12.5. The minimum absolute atomic E-state index is 0.0355. The van der Waals surface area contributed by atoms with Gasteiger partial charge in [-0.15, -0.1) is 6.58 Å². The van der Waals surface area contributed by atoms with E-state index in [2.05, 4.69) is 11.9 Å². The largest absolute Gasteiger partial charge is 0.398 e. The number of nitrogens with zero attached hydrogens (tertiary/aromatic N) is 2. The van der Waals surface area contributed by atoms with Crippen LogP contribution in [0.1, 0.15) is 10.4 Å². The summed E-state index contributed by atoms with van der Waals surface area (Å²) in [6.45, 7) is 6.79. The summed E-state index contributed by atoms with van der Waals surface area (Å²) in [5, 5.41) is 3.25. The van der Waals surface area contributed by atoms with Gasteiger partial charge in [0.25, 0.3) is 5.91 Å². The zero-order valence-electron chi connectivity index (χ0n) is 12.9. The lowest BCUT2D eigenvalue weighted by atomic mass is 10.1. The highest BCUT2D eigenvalue weighted by molar-refractivity contribution is 6.31. The maximum Gasteiger partial charge on any atom is 0.256 e. The summed E-state index contributed by atoms with van der Waals surface area (Å²) in [6.07, 6.45) is 1.64. The molecule has 6 nitrogen and oxygen atoms in total. The molecule has 1 heterocycles. The van der Waals surface area contributed by atoms with E-state index in [9.17, 15) is 9.59 Å². The molecule has 7 heteroatoms. The second-order valence-corrected chi connectivity index (χ2v) is 5.83. The predicted octanol–water partition coefficient (Wildman–Crippen LogP) is 0.982. The van der Waals surface area contributed by atoms with Crippen LogP contribution >= 0.6 is 11.6 Å². The fourth-order valence-corrected chi connectivity index (χ4v) is 2.63. The number of piperazine rings is 1. The van der Waals surface area contributed by atoms with E-state index in [-0.39, 0.29) is 11.8 Å². The van der Waals surface area contributed by atoms with Crippen LogP contribution in [0.2, 0.25) is 5.02 Å². The van der Waals surface area contributed by atoms with Crippen molar-refractivity contribution >= 4 is 29.1 Å². The first-order valence-corrected chi connectivity index (χ1v) is 7.83. The van der Waals surface area contributed by atoms with E-state index in [4.69, 9.17) is 17.3 Å². The van der Waals surface area contributed by atoms with E-state index in [1.54, 1.807) is 29.2 Å². The minimum atomic E-state index is -0.102. The summed E-state index contributed by atoms with van der Waals surface area (Å²) in [7, 11) is 0. The molecule has 1 aromatic carbocycles. The van der Waals surface area contributed by atoms with Crippen LogP contribution in [-0.2, 0) is 4.79 Å². The molecular weight excluding hydrogens is 316 g/mol. The van der Waals surface area contributed by atoms with Crippen molar-refractivity contribution in [2.24, 2.45) is 0 Å². The molecule has 23 heavy (non-hydrogen) atoms. The van der Waals surface area contributed by atoms with Crippen LogP contribution in [0.3, 0.4) is 0 Å². The molecule has 0 aromatic heterocycles. The van der Waals surface area contributed by atoms with Crippen molar-refractivity contribution in [3.8, 4) is 0 Å². The molecule has 0 unspecified atom stereocenters. The number of carbonyl (C=O) groups excluding carboxylic acids is 2. The first-order chi connectivity index (χ1) is 11.0. The summed E-state index contributed by atoms with van der Waals surface area (Å²) in [5.74, 6) is -0.137. The molecule has 3 N–H and O–H groups in total. The Morgan fingerprint density at radius 1 is 1.30 bits per heavy atom. The third-order valence-electron chi connectivity index (χ3n) is 3.71. The minimum Gasteiger partial charge on any atom is -0.398 e. The van der Waals surface area contributed by atoms with Gasteiger partial charge in [0.2, 0.25) is 5.91 Å². The Hall–Kier alpha value is -2.05. The van der Waals surface area contributed by atoms with Crippen molar-refractivity contribution in [2.45, 2.75) is 0 Å². The molecule has 1 aliphatic rings. The molecule has 0 radical (unpaired) electrons. The topological polar surface area (TPSA) is 78.7 Å². The number of carbonyl (C=O) groups is 2. The summed E-state index contributed by atoms with van der Waals surface area (Å²) < 4.78 is 0. The molecular formula is C16H21ClN4O2. The van der Waals surface area contributed by atoms with Crippen LogP contribution in [-0.4, -0.2) is 60.9 Å². The number of rotatable bonds is 5. The number of nitrogens with one attached hydrogen (secondary N) is 1. The molecule has 0 aliphatic carbocycles. The Bertz CT molecular complexity index is 598. The number of nitrogen functional groups attached to an aromatic ring is 1. The van der Waals surface area contributed by atoms with Crippen LogP contribution in [0, 0.1) is 0 Å². The molecule has 2 amide bonds. The quantitative estimate of drug-likeness (QED) is 0.620. The second kappa shape index (κ2) is 7.99. The monoisotopic (exact) mass is 336 g/mol. The Balaban J connectivity index is 1.87. The number of benzene rings is 1. The van der Waals surface area contributed by atoms with Crippen LogP contribution < -0.4 is 11.1 Å². The Kier molecular flexibility index (Phi) is 6.01. The summed E-state index contributed by atoms with van der Waals surface area (Å²) in [6, 6.07) is 4.88. The van der Waals surface area contributed by atoms with Crippen molar-refractivity contribution in [3.05, 3.63) is 41.4 Å². The molecule has 1 fully saturated rings. The van der Waals surface area contributed by atoms with Crippen molar-refractivity contribution in [1.29, 1.82) is 0 Å². The van der Waals surface area contributed by atoms with Crippen LogP contribution in [0.5, 0.6) is 0 Å². The smallest absolute Gasteiger partial charge is 0.256 e. The normalized spacial score (nSPS) is 15.3. The van der Waals surface area contributed by atoms with Gasteiger partial charge in [-0.25, -0.2) is 0 Å². The van der Waals surface area contributed by atoms with Crippen molar-refractivity contribution in [2.75, 3.05) is 45.0 Å². The van der Waals surface area contributed by atoms with Crippen LogP contribution in [0.25, 0.3) is 0 Å². The highest BCUT2D eigenvalue weighted by Crippen LogP contribution is 2.20. The van der Waals surface area contributed by atoms with E-state index in [0.29, 0.717) is 55.5 Å². The second-order valence-electron chi connectivity index (χ2n) is 5.39. The Morgan fingerprint density at radius 3 is 2.61 bits per heavy atom. The van der Waals surface area contributed by atoms with Crippen molar-refractivity contribution < 1.29 is 9.59 Å². The number of anilines is 1. The van der Waals surface area contributed by atoms with Crippen molar-refractivity contribution in [1.82, 2.24) is 15.1 Å². The van der Waals surface area contributed by atoms with Crippen LogP contribution in [0.15, 0.2) is 30.9 Å². The Labute approximate surface area is 140 Å². The van der Waals surface area contributed by atoms with E-state index in [0.717, 1.165) is 0 Å². The zero-order chi connectivity index (χ0) is 16.8. The van der Waals surface area contributed by atoms with E-state index in [1.807, 2.05) is 4.90 Å². The summed E-state index contributed by atoms with van der Waals surface area (Å²) in [5.41, 5.74) is 6.71. The third-order valence-corrected chi connectivity index (χ3v) is 3.95. The number of hydrogen-bond acceptors (Lipinski definition) is 4. The Morgan fingerprint density at radius 2 is 2.00 bits per heavy atom. The lowest BCUT2D eigenvalue weighted by molar-refractivity contribution is -0.122. The first-order valence-electron chi connectivity index (χ1n) is 7.45. The molecule has 0 spiro atoms. The SMILES string of the molecule is C=CCNC(=O)CN1CCN(C(=O)c2ccc(Cl)cc2N)CC1. The molecule has 0 saturated carbocycles. The average molecular weight is 337 g/mol. The van der Waals surface area contributed by atoms with Crippen molar-refractivity contribution in [3.63, 3.8) is 0 Å². The van der Waals surface area contributed by atoms with Gasteiger partial charge in [-0.2, -0.15) is 0 Å². The lowest BCUT2D eigenvalue weighted by Crippen LogP contribution is -2.51. The molecule has 124 valence electrons. The van der Waals surface area contributed by atoms with Gasteiger partial charge in [0, 0.05) is 43.4 Å². The fourth-order valence-electron chi connectivity index (χ4n) is 2.45. The van der Waals surface area contributed by atoms with Gasteiger partial charge in [-0.3, -0.25) is 14.5 Å². The lowest BCUT2D eigenvalue weighted by Gasteiger charge is -2.34. The molecule has 2 rings (SSSR count). The summed E-state index contributed by atoms with van der Waals surface area (Å²) in [4.78, 5) is 27.9. The standard InChI is InChI=1S/C16H21ClN4O2/c1-2-5-19-15(22)11-20-6-8-21(9-7-20)16(23)13-4-3-12(17)10-14(13)18/h2-4,10H,1,5-9,11,18H2,(H,19,22).